The van der Waals surface area contributed by atoms with Crippen LogP contribution in [0.2, 0.25) is 0 Å². The fraction of sp³-hybridized carbons (Fsp3) is 0.375. The fourth-order valence-electron chi connectivity index (χ4n) is 2.34. The number of sulfonamides is 1. The van der Waals surface area contributed by atoms with Gasteiger partial charge >= 0.3 is 0 Å². The number of carbonyl (C=O) groups excluding carboxylic acids is 1. The van der Waals surface area contributed by atoms with Gasteiger partial charge < -0.3 is 10.1 Å². The number of anilines is 1. The smallest absolute Gasteiger partial charge is 0.232 e. The van der Waals surface area contributed by atoms with Crippen molar-refractivity contribution in [2.75, 3.05) is 37.4 Å². The molecule has 1 aromatic heterocycles. The zero-order chi connectivity index (χ0) is 17.6. The molecule has 7 nitrogen and oxygen atoms in total. The van der Waals surface area contributed by atoms with E-state index in [4.69, 9.17) is 4.74 Å². The maximum Gasteiger partial charge on any atom is 0.232 e. The van der Waals surface area contributed by atoms with E-state index in [9.17, 15) is 13.2 Å². The van der Waals surface area contributed by atoms with E-state index in [1.807, 2.05) is 12.1 Å². The predicted molar refractivity (Wildman–Crippen MR) is 93.4 cm³/mol. The third-order valence-electron chi connectivity index (χ3n) is 3.45. The maximum atomic E-state index is 12.2. The van der Waals surface area contributed by atoms with Crippen molar-refractivity contribution < 1.29 is 17.9 Å². The van der Waals surface area contributed by atoms with Gasteiger partial charge in [-0.1, -0.05) is 18.2 Å². The number of hydrogen-bond acceptors (Lipinski definition) is 5. The van der Waals surface area contributed by atoms with Crippen LogP contribution in [0.5, 0.6) is 0 Å². The molecular formula is C16H21N3O4S. The maximum absolute atomic E-state index is 12.2. The minimum atomic E-state index is -3.54. The second-order valence-electron chi connectivity index (χ2n) is 5.28. The first-order chi connectivity index (χ1) is 11.4. The second kappa shape index (κ2) is 8.07. The Hall–Kier alpha value is -2.19. The Morgan fingerprint density at radius 2 is 2.04 bits per heavy atom. The molecule has 0 spiro atoms. The van der Waals surface area contributed by atoms with Gasteiger partial charge in [0.2, 0.25) is 15.9 Å². The Morgan fingerprint density at radius 1 is 1.29 bits per heavy atom. The highest BCUT2D eigenvalue weighted by molar-refractivity contribution is 7.92. The largest absolute Gasteiger partial charge is 0.383 e. The lowest BCUT2D eigenvalue weighted by Crippen LogP contribution is -2.35. The number of hydrogen-bond donors (Lipinski definition) is 1. The van der Waals surface area contributed by atoms with Gasteiger partial charge in [-0.3, -0.25) is 14.1 Å². The number of aromatic nitrogens is 1. The topological polar surface area (TPSA) is 88.6 Å². The van der Waals surface area contributed by atoms with Crippen LogP contribution in [-0.4, -0.2) is 52.4 Å². The molecule has 0 aliphatic rings. The molecule has 1 amide bonds. The average molecular weight is 351 g/mol. The van der Waals surface area contributed by atoms with Gasteiger partial charge in [-0.05, 0) is 12.1 Å². The van der Waals surface area contributed by atoms with Crippen molar-refractivity contribution in [3.8, 4) is 0 Å². The summed E-state index contributed by atoms with van der Waals surface area (Å²) >= 11 is 0. The molecule has 0 bridgehead atoms. The van der Waals surface area contributed by atoms with Crippen molar-refractivity contribution >= 4 is 32.5 Å². The van der Waals surface area contributed by atoms with Gasteiger partial charge in [-0.25, -0.2) is 8.42 Å². The Bertz CT molecular complexity index is 803. The van der Waals surface area contributed by atoms with Gasteiger partial charge in [0.15, 0.2) is 0 Å². The van der Waals surface area contributed by atoms with Crippen LogP contribution in [0.25, 0.3) is 10.9 Å². The number of nitrogens with zero attached hydrogens (tertiary/aromatic N) is 2. The molecule has 2 rings (SSSR count). The van der Waals surface area contributed by atoms with E-state index in [1.54, 1.807) is 31.5 Å². The Labute approximate surface area is 141 Å². The quantitative estimate of drug-likeness (QED) is 0.721. The molecule has 24 heavy (non-hydrogen) atoms. The number of pyridine rings is 1. The molecule has 0 aliphatic heterocycles. The van der Waals surface area contributed by atoms with E-state index in [0.717, 1.165) is 11.6 Å². The van der Waals surface area contributed by atoms with Gasteiger partial charge in [0.1, 0.15) is 0 Å². The molecule has 0 unspecified atom stereocenters. The molecule has 8 heteroatoms. The standard InChI is InChI=1S/C16H21N3O4S/c1-23-12-10-17-15(20)8-11-19(24(2,21)22)14-7-3-5-13-6-4-9-18-16(13)14/h3-7,9H,8,10-12H2,1-2H3,(H,17,20). The molecule has 1 N–H and O–H groups in total. The molecule has 0 radical (unpaired) electrons. The molecule has 2 aromatic rings. The summed E-state index contributed by atoms with van der Waals surface area (Å²) in [6.45, 7) is 0.853. The molecule has 0 saturated heterocycles. The summed E-state index contributed by atoms with van der Waals surface area (Å²) in [6.07, 6.45) is 2.79. The lowest BCUT2D eigenvalue weighted by atomic mass is 10.2. The first kappa shape index (κ1) is 18.2. The zero-order valence-corrected chi connectivity index (χ0v) is 14.5. The van der Waals surface area contributed by atoms with Crippen LogP contribution in [-0.2, 0) is 19.6 Å². The molecule has 130 valence electrons. The van der Waals surface area contributed by atoms with E-state index in [0.29, 0.717) is 24.4 Å². The van der Waals surface area contributed by atoms with E-state index >= 15 is 0 Å². The molecule has 0 fully saturated rings. The first-order valence-electron chi connectivity index (χ1n) is 7.50. The van der Waals surface area contributed by atoms with Gasteiger partial charge in [0, 0.05) is 38.2 Å². The van der Waals surface area contributed by atoms with Crippen molar-refractivity contribution in [3.63, 3.8) is 0 Å². The number of carbonyl (C=O) groups is 1. The highest BCUT2D eigenvalue weighted by Crippen LogP contribution is 2.26. The summed E-state index contributed by atoms with van der Waals surface area (Å²) in [4.78, 5) is 16.1. The van der Waals surface area contributed by atoms with Gasteiger partial charge in [0.25, 0.3) is 0 Å². The van der Waals surface area contributed by atoms with Crippen molar-refractivity contribution in [1.82, 2.24) is 10.3 Å². The van der Waals surface area contributed by atoms with Crippen LogP contribution in [0.3, 0.4) is 0 Å². The Kier molecular flexibility index (Phi) is 6.10. The van der Waals surface area contributed by atoms with Crippen LogP contribution < -0.4 is 9.62 Å². The molecule has 1 aromatic carbocycles. The van der Waals surface area contributed by atoms with Crippen LogP contribution >= 0.6 is 0 Å². The first-order valence-corrected chi connectivity index (χ1v) is 9.35. The summed E-state index contributed by atoms with van der Waals surface area (Å²) in [6, 6.07) is 8.99. The zero-order valence-electron chi connectivity index (χ0n) is 13.7. The van der Waals surface area contributed by atoms with Crippen LogP contribution in [0.1, 0.15) is 6.42 Å². The summed E-state index contributed by atoms with van der Waals surface area (Å²) < 4.78 is 30.5. The van der Waals surface area contributed by atoms with Crippen molar-refractivity contribution in [3.05, 3.63) is 36.5 Å². The fourth-order valence-corrected chi connectivity index (χ4v) is 3.27. The third kappa shape index (κ3) is 4.65. The lowest BCUT2D eigenvalue weighted by Gasteiger charge is -2.23. The molecule has 1 heterocycles. The molecule has 0 saturated carbocycles. The highest BCUT2D eigenvalue weighted by Gasteiger charge is 2.21. The van der Waals surface area contributed by atoms with Gasteiger partial charge in [-0.2, -0.15) is 0 Å². The number of rotatable bonds is 8. The van der Waals surface area contributed by atoms with Crippen LogP contribution in [0.4, 0.5) is 5.69 Å². The number of methoxy groups -OCH3 is 1. The number of benzene rings is 1. The van der Waals surface area contributed by atoms with E-state index in [1.165, 1.54) is 4.31 Å². The number of fused-ring (bicyclic) bond motifs is 1. The molecule has 0 aliphatic carbocycles. The monoisotopic (exact) mass is 351 g/mol. The predicted octanol–water partition coefficient (Wildman–Crippen LogP) is 1.15. The summed E-state index contributed by atoms with van der Waals surface area (Å²) in [5.74, 6) is -0.228. The van der Waals surface area contributed by atoms with Gasteiger partial charge in [0.05, 0.1) is 24.1 Å². The van der Waals surface area contributed by atoms with Crippen molar-refractivity contribution in [2.45, 2.75) is 6.42 Å². The van der Waals surface area contributed by atoms with Crippen LogP contribution in [0, 0.1) is 0 Å². The van der Waals surface area contributed by atoms with Gasteiger partial charge in [-0.15, -0.1) is 0 Å². The molecule has 0 atom stereocenters. The summed E-state index contributed by atoms with van der Waals surface area (Å²) in [5.41, 5.74) is 1.06. The minimum absolute atomic E-state index is 0.0489. The summed E-state index contributed by atoms with van der Waals surface area (Å²) in [7, 11) is -1.99. The highest BCUT2D eigenvalue weighted by atomic mass is 32.2. The minimum Gasteiger partial charge on any atom is -0.383 e. The number of amides is 1. The Balaban J connectivity index is 2.22. The SMILES string of the molecule is COCCNC(=O)CCN(c1cccc2cccnc12)S(C)(=O)=O. The third-order valence-corrected chi connectivity index (χ3v) is 4.63. The van der Waals surface area contributed by atoms with Crippen molar-refractivity contribution in [2.24, 2.45) is 0 Å². The normalized spacial score (nSPS) is 11.4. The van der Waals surface area contributed by atoms with Crippen LogP contribution in [0.15, 0.2) is 36.5 Å². The second-order valence-corrected chi connectivity index (χ2v) is 7.19. The Morgan fingerprint density at radius 3 is 2.75 bits per heavy atom. The number of para-hydroxylation sites is 1. The summed E-state index contributed by atoms with van der Waals surface area (Å²) in [5, 5.41) is 3.52. The van der Waals surface area contributed by atoms with Crippen molar-refractivity contribution in [1.29, 1.82) is 0 Å². The van der Waals surface area contributed by atoms with E-state index in [-0.39, 0.29) is 18.9 Å². The lowest BCUT2D eigenvalue weighted by molar-refractivity contribution is -0.121. The number of ether oxygens (including phenoxy) is 1. The average Bonchev–Trinajstić information content (AvgIpc) is 2.54. The van der Waals surface area contributed by atoms with E-state index in [2.05, 4.69) is 10.3 Å². The van der Waals surface area contributed by atoms with E-state index < -0.39 is 10.0 Å². The molecular weight excluding hydrogens is 330 g/mol. The number of nitrogens with one attached hydrogen (secondary N) is 1.